The fourth-order valence-electron chi connectivity index (χ4n) is 2.31. The number of hydrogen-bond acceptors (Lipinski definition) is 7. The summed E-state index contributed by atoms with van der Waals surface area (Å²) in [6.45, 7) is 14.6. The van der Waals surface area contributed by atoms with Crippen LogP contribution in [0.2, 0.25) is 0 Å². The van der Waals surface area contributed by atoms with Crippen LogP contribution in [0.4, 0.5) is 4.79 Å². The van der Waals surface area contributed by atoms with Crippen molar-refractivity contribution in [3.8, 4) is 0 Å². The average Bonchev–Trinajstić information content (AvgIpc) is 3.05. The number of carbonyl (C=O) groups excluding carboxylic acids is 2. The van der Waals surface area contributed by atoms with E-state index in [0.29, 0.717) is 24.2 Å². The molecule has 2 amide bonds. The first-order chi connectivity index (χ1) is 12.6. The zero-order valence-corrected chi connectivity index (χ0v) is 18.2. The molecule has 0 radical (unpaired) electrons. The van der Waals surface area contributed by atoms with Gasteiger partial charge in [0.15, 0.2) is 0 Å². The highest BCUT2D eigenvalue weighted by molar-refractivity contribution is 7.99. The summed E-state index contributed by atoms with van der Waals surface area (Å²) in [6.07, 6.45) is 0.281. The van der Waals surface area contributed by atoms with Crippen molar-refractivity contribution in [3.63, 3.8) is 0 Å². The van der Waals surface area contributed by atoms with E-state index in [9.17, 15) is 9.59 Å². The normalized spacial score (nSPS) is 13.7. The zero-order valence-electron chi connectivity index (χ0n) is 17.4. The number of carbonyl (C=O) groups is 2. The molecule has 0 aliphatic carbocycles. The second-order valence-electron chi connectivity index (χ2n) is 7.27. The molecule has 1 N–H and O–H groups in total. The van der Waals surface area contributed by atoms with Crippen molar-refractivity contribution in [3.05, 3.63) is 5.89 Å². The maximum absolute atomic E-state index is 12.1. The number of thioether (sulfide) groups is 1. The van der Waals surface area contributed by atoms with Gasteiger partial charge in [0.05, 0.1) is 5.75 Å². The number of nitrogens with one attached hydrogen (secondary N) is 1. The molecular weight excluding hydrogens is 368 g/mol. The number of alkyl carbamates (subject to hydrolysis) is 1. The molecule has 1 aromatic heterocycles. The molecule has 2 atom stereocenters. The molecule has 0 aromatic carbocycles. The van der Waals surface area contributed by atoms with Crippen LogP contribution in [0.1, 0.15) is 66.8 Å². The Kier molecular flexibility index (Phi) is 9.08. The molecule has 1 heterocycles. The quantitative estimate of drug-likeness (QED) is 0.632. The van der Waals surface area contributed by atoms with E-state index in [4.69, 9.17) is 9.15 Å². The first kappa shape index (κ1) is 23.3. The number of ether oxygens (including phenoxy) is 1. The Morgan fingerprint density at radius 3 is 2.37 bits per heavy atom. The molecule has 0 bridgehead atoms. The van der Waals surface area contributed by atoms with Crippen molar-refractivity contribution in [2.45, 2.75) is 71.8 Å². The molecule has 8 nitrogen and oxygen atoms in total. The third-order valence-corrected chi connectivity index (χ3v) is 4.81. The summed E-state index contributed by atoms with van der Waals surface area (Å²) in [5.41, 5.74) is -0.593. The van der Waals surface area contributed by atoms with Gasteiger partial charge >= 0.3 is 6.09 Å². The molecule has 27 heavy (non-hydrogen) atoms. The Bertz CT molecular complexity index is 611. The van der Waals surface area contributed by atoms with E-state index >= 15 is 0 Å². The fraction of sp³-hybridized carbons (Fsp3) is 0.778. The molecule has 1 aromatic rings. The standard InChI is InChI=1S/C18H32N4O4S/c1-8-12(4)14(19-16(24)26-18(5,6)7)15-20-21-17(25-15)27-11-13(23)22(9-2)10-3/h12,14H,8-11H2,1-7H3,(H,19,24)/t12-,14+/m0/s1. The zero-order chi connectivity index (χ0) is 20.6. The van der Waals surface area contributed by atoms with Crippen LogP contribution in [0, 0.1) is 5.92 Å². The van der Waals surface area contributed by atoms with E-state index in [2.05, 4.69) is 15.5 Å². The molecule has 0 aliphatic rings. The molecule has 1 rings (SSSR count). The largest absolute Gasteiger partial charge is 0.444 e. The summed E-state index contributed by atoms with van der Waals surface area (Å²) in [6, 6.07) is -0.454. The minimum absolute atomic E-state index is 0.0232. The second-order valence-corrected chi connectivity index (χ2v) is 8.20. The summed E-state index contributed by atoms with van der Waals surface area (Å²) in [4.78, 5) is 26.0. The molecule has 0 saturated carbocycles. The fourth-order valence-corrected chi connectivity index (χ4v) is 2.99. The SMILES string of the molecule is CC[C@H](C)[C@@H](NC(=O)OC(C)(C)C)c1nnc(SCC(=O)N(CC)CC)o1. The predicted molar refractivity (Wildman–Crippen MR) is 105 cm³/mol. The van der Waals surface area contributed by atoms with E-state index in [1.807, 2.05) is 27.7 Å². The van der Waals surface area contributed by atoms with Crippen LogP contribution in [0.25, 0.3) is 0 Å². The number of rotatable bonds is 9. The lowest BCUT2D eigenvalue weighted by molar-refractivity contribution is -0.127. The Balaban J connectivity index is 2.79. The summed E-state index contributed by atoms with van der Waals surface area (Å²) < 4.78 is 11.0. The van der Waals surface area contributed by atoms with Gasteiger partial charge in [0.25, 0.3) is 5.22 Å². The van der Waals surface area contributed by atoms with Gasteiger partial charge in [-0.1, -0.05) is 32.0 Å². The minimum Gasteiger partial charge on any atom is -0.444 e. The number of aromatic nitrogens is 2. The third kappa shape index (κ3) is 7.78. The first-order valence-electron chi connectivity index (χ1n) is 9.34. The van der Waals surface area contributed by atoms with E-state index in [-0.39, 0.29) is 17.6 Å². The van der Waals surface area contributed by atoms with Crippen LogP contribution in [0.5, 0.6) is 0 Å². The highest BCUT2D eigenvalue weighted by Gasteiger charge is 2.28. The van der Waals surface area contributed by atoms with Crippen molar-refractivity contribution in [1.82, 2.24) is 20.4 Å². The van der Waals surface area contributed by atoms with Gasteiger partial charge in [-0.3, -0.25) is 4.79 Å². The van der Waals surface area contributed by atoms with Crippen LogP contribution in [-0.2, 0) is 9.53 Å². The van der Waals surface area contributed by atoms with Gasteiger partial charge in [-0.15, -0.1) is 10.2 Å². The van der Waals surface area contributed by atoms with Crippen LogP contribution < -0.4 is 5.32 Å². The molecule has 0 unspecified atom stereocenters. The van der Waals surface area contributed by atoms with E-state index < -0.39 is 17.7 Å². The molecule has 9 heteroatoms. The second kappa shape index (κ2) is 10.5. The monoisotopic (exact) mass is 400 g/mol. The Morgan fingerprint density at radius 2 is 1.85 bits per heavy atom. The highest BCUT2D eigenvalue weighted by Crippen LogP contribution is 2.27. The Labute approximate surface area is 165 Å². The average molecular weight is 401 g/mol. The molecular formula is C18H32N4O4S. The Hall–Kier alpha value is -1.77. The Morgan fingerprint density at radius 1 is 1.22 bits per heavy atom. The van der Waals surface area contributed by atoms with Crippen LogP contribution in [0.3, 0.4) is 0 Å². The lowest BCUT2D eigenvalue weighted by Crippen LogP contribution is -2.37. The topological polar surface area (TPSA) is 97.6 Å². The summed E-state index contributed by atoms with van der Waals surface area (Å²) in [5.74, 6) is 0.646. The summed E-state index contributed by atoms with van der Waals surface area (Å²) in [5, 5.41) is 11.2. The van der Waals surface area contributed by atoms with Crippen molar-refractivity contribution in [2.75, 3.05) is 18.8 Å². The third-order valence-electron chi connectivity index (χ3n) is 4.01. The molecule has 0 fully saturated rings. The van der Waals surface area contributed by atoms with Crippen LogP contribution in [0.15, 0.2) is 9.64 Å². The van der Waals surface area contributed by atoms with E-state index in [1.54, 1.807) is 25.7 Å². The van der Waals surface area contributed by atoms with Crippen molar-refractivity contribution >= 4 is 23.8 Å². The molecule has 0 saturated heterocycles. The van der Waals surface area contributed by atoms with E-state index in [0.717, 1.165) is 6.42 Å². The number of amides is 2. The van der Waals surface area contributed by atoms with E-state index in [1.165, 1.54) is 11.8 Å². The van der Waals surface area contributed by atoms with Gasteiger partial charge < -0.3 is 19.4 Å². The summed E-state index contributed by atoms with van der Waals surface area (Å²) in [7, 11) is 0. The van der Waals surface area contributed by atoms with Gasteiger partial charge in [0, 0.05) is 13.1 Å². The van der Waals surface area contributed by atoms with Gasteiger partial charge in [-0.2, -0.15) is 0 Å². The van der Waals surface area contributed by atoms with Gasteiger partial charge in [0.2, 0.25) is 11.8 Å². The van der Waals surface area contributed by atoms with Gasteiger partial charge in [-0.25, -0.2) is 4.79 Å². The first-order valence-corrected chi connectivity index (χ1v) is 10.3. The lowest BCUT2D eigenvalue weighted by atomic mass is 9.99. The van der Waals surface area contributed by atoms with Gasteiger partial charge in [0.1, 0.15) is 11.6 Å². The number of hydrogen-bond donors (Lipinski definition) is 1. The van der Waals surface area contributed by atoms with Crippen LogP contribution in [-0.4, -0.2) is 51.5 Å². The van der Waals surface area contributed by atoms with Crippen molar-refractivity contribution < 1.29 is 18.7 Å². The van der Waals surface area contributed by atoms with Crippen molar-refractivity contribution in [2.24, 2.45) is 5.92 Å². The minimum atomic E-state index is -0.593. The van der Waals surface area contributed by atoms with Crippen LogP contribution >= 0.6 is 11.8 Å². The predicted octanol–water partition coefficient (Wildman–Crippen LogP) is 3.64. The number of nitrogens with zero attached hydrogens (tertiary/aromatic N) is 3. The molecule has 0 spiro atoms. The highest BCUT2D eigenvalue weighted by atomic mass is 32.2. The molecule has 154 valence electrons. The smallest absolute Gasteiger partial charge is 0.408 e. The van der Waals surface area contributed by atoms with Crippen molar-refractivity contribution in [1.29, 1.82) is 0 Å². The maximum Gasteiger partial charge on any atom is 0.408 e. The summed E-state index contributed by atoms with van der Waals surface area (Å²) >= 11 is 1.20. The lowest BCUT2D eigenvalue weighted by Gasteiger charge is -2.24. The van der Waals surface area contributed by atoms with Gasteiger partial charge in [-0.05, 0) is 40.5 Å². The maximum atomic E-state index is 12.1. The molecule has 0 aliphatic heterocycles.